The van der Waals surface area contributed by atoms with Gasteiger partial charge in [0.05, 0.1) is 33.1 Å². The zero-order chi connectivity index (χ0) is 22.0. The molecule has 6 nitrogen and oxygen atoms in total. The van der Waals surface area contributed by atoms with Crippen LogP contribution < -0.4 is 14.2 Å². The molecule has 0 bridgehead atoms. The number of aryl methyl sites for hydroxylation is 1. The molecule has 162 valence electrons. The number of nitrogens with zero attached hydrogens (tertiary/aromatic N) is 2. The zero-order valence-corrected chi connectivity index (χ0v) is 19.0. The molecule has 1 aliphatic rings. The van der Waals surface area contributed by atoms with Crippen molar-refractivity contribution in [2.24, 2.45) is 0 Å². The Balaban J connectivity index is 1.61. The van der Waals surface area contributed by atoms with E-state index in [1.807, 2.05) is 54.3 Å². The molecule has 0 N–H and O–H groups in total. The lowest BCUT2D eigenvalue weighted by Crippen LogP contribution is -2.30. The van der Waals surface area contributed by atoms with Gasteiger partial charge in [0.2, 0.25) is 0 Å². The van der Waals surface area contributed by atoms with Crippen molar-refractivity contribution in [3.05, 3.63) is 58.6 Å². The highest BCUT2D eigenvalue weighted by Gasteiger charge is 2.33. The van der Waals surface area contributed by atoms with Crippen molar-refractivity contribution in [3.63, 3.8) is 0 Å². The Bertz CT molecular complexity index is 1080. The number of ether oxygens (including phenoxy) is 3. The summed E-state index contributed by atoms with van der Waals surface area (Å²) in [6, 6.07) is 13.6. The van der Waals surface area contributed by atoms with Gasteiger partial charge in [0, 0.05) is 12.1 Å². The Labute approximate surface area is 186 Å². The van der Waals surface area contributed by atoms with Gasteiger partial charge in [-0.15, -0.1) is 11.3 Å². The number of hydrogen-bond acceptors (Lipinski definition) is 6. The van der Waals surface area contributed by atoms with E-state index < -0.39 is 0 Å². The fourth-order valence-corrected chi connectivity index (χ4v) is 5.03. The highest BCUT2D eigenvalue weighted by molar-refractivity contribution is 7.17. The van der Waals surface area contributed by atoms with E-state index in [4.69, 9.17) is 14.2 Å². The third kappa shape index (κ3) is 4.10. The van der Waals surface area contributed by atoms with Gasteiger partial charge in [-0.3, -0.25) is 4.79 Å². The van der Waals surface area contributed by atoms with E-state index in [1.54, 1.807) is 21.3 Å². The van der Waals surface area contributed by atoms with E-state index in [0.29, 0.717) is 16.4 Å². The second-order valence-electron chi connectivity index (χ2n) is 7.43. The molecular weight excluding hydrogens is 412 g/mol. The second-order valence-corrected chi connectivity index (χ2v) is 8.43. The molecule has 1 atom stereocenters. The largest absolute Gasteiger partial charge is 0.497 e. The van der Waals surface area contributed by atoms with Gasteiger partial charge >= 0.3 is 0 Å². The van der Waals surface area contributed by atoms with Crippen LogP contribution in [0.5, 0.6) is 17.2 Å². The van der Waals surface area contributed by atoms with Crippen LogP contribution in [0.2, 0.25) is 0 Å². The van der Waals surface area contributed by atoms with Gasteiger partial charge in [-0.25, -0.2) is 4.98 Å². The lowest BCUT2D eigenvalue weighted by Gasteiger charge is -2.25. The molecule has 0 saturated carbocycles. The first-order valence-electron chi connectivity index (χ1n) is 10.2. The van der Waals surface area contributed by atoms with Crippen molar-refractivity contribution in [2.45, 2.75) is 25.8 Å². The monoisotopic (exact) mass is 438 g/mol. The molecule has 1 unspecified atom stereocenters. The Morgan fingerprint density at radius 3 is 2.45 bits per heavy atom. The SMILES string of the molecule is COc1ccc(-c2nc(C)c(C(=O)N3CCCC3c3ccc(OC)c(OC)c3)s2)cc1. The average molecular weight is 439 g/mol. The summed E-state index contributed by atoms with van der Waals surface area (Å²) in [4.78, 5) is 20.8. The summed E-state index contributed by atoms with van der Waals surface area (Å²) in [5.74, 6) is 2.19. The molecule has 1 fully saturated rings. The van der Waals surface area contributed by atoms with Crippen molar-refractivity contribution in [3.8, 4) is 27.8 Å². The van der Waals surface area contributed by atoms with Gasteiger partial charge in [-0.1, -0.05) is 6.07 Å². The molecule has 1 aromatic heterocycles. The van der Waals surface area contributed by atoms with Crippen molar-refractivity contribution in [1.82, 2.24) is 9.88 Å². The highest BCUT2D eigenvalue weighted by Crippen LogP contribution is 2.39. The maximum atomic E-state index is 13.5. The Hall–Kier alpha value is -3.06. The van der Waals surface area contributed by atoms with E-state index >= 15 is 0 Å². The van der Waals surface area contributed by atoms with Crippen molar-refractivity contribution in [1.29, 1.82) is 0 Å². The third-order valence-electron chi connectivity index (χ3n) is 5.63. The molecule has 3 aromatic rings. The molecule has 1 amide bonds. The van der Waals surface area contributed by atoms with Gasteiger partial charge in [-0.05, 0) is 61.7 Å². The van der Waals surface area contributed by atoms with Crippen LogP contribution >= 0.6 is 11.3 Å². The number of hydrogen-bond donors (Lipinski definition) is 0. The van der Waals surface area contributed by atoms with Crippen LogP contribution in [0.3, 0.4) is 0 Å². The van der Waals surface area contributed by atoms with Crippen LogP contribution in [0.1, 0.15) is 39.8 Å². The van der Waals surface area contributed by atoms with E-state index in [1.165, 1.54) is 11.3 Å². The fourth-order valence-electron chi connectivity index (χ4n) is 4.00. The van der Waals surface area contributed by atoms with E-state index in [2.05, 4.69) is 4.98 Å². The van der Waals surface area contributed by atoms with Crippen LogP contribution in [0.15, 0.2) is 42.5 Å². The summed E-state index contributed by atoms with van der Waals surface area (Å²) in [7, 11) is 4.89. The first-order chi connectivity index (χ1) is 15.0. The first-order valence-corrected chi connectivity index (χ1v) is 11.0. The van der Waals surface area contributed by atoms with E-state index in [9.17, 15) is 4.79 Å². The predicted molar refractivity (Wildman–Crippen MR) is 121 cm³/mol. The lowest BCUT2D eigenvalue weighted by molar-refractivity contribution is 0.0739. The Morgan fingerprint density at radius 2 is 1.77 bits per heavy atom. The molecule has 7 heteroatoms. The van der Waals surface area contributed by atoms with Crippen molar-refractivity contribution in [2.75, 3.05) is 27.9 Å². The molecule has 0 aliphatic carbocycles. The lowest BCUT2D eigenvalue weighted by atomic mass is 10.0. The number of benzene rings is 2. The maximum Gasteiger partial charge on any atom is 0.266 e. The first kappa shape index (κ1) is 21.2. The fraction of sp³-hybridized carbons (Fsp3) is 0.333. The van der Waals surface area contributed by atoms with Gasteiger partial charge in [0.25, 0.3) is 5.91 Å². The summed E-state index contributed by atoms with van der Waals surface area (Å²) in [6.45, 7) is 2.63. The molecule has 2 aromatic carbocycles. The summed E-state index contributed by atoms with van der Waals surface area (Å²) in [6.07, 6.45) is 1.89. The number of likely N-dealkylation sites (tertiary alicyclic amines) is 1. The topological polar surface area (TPSA) is 60.9 Å². The van der Waals surface area contributed by atoms with Gasteiger partial charge in [-0.2, -0.15) is 0 Å². The minimum Gasteiger partial charge on any atom is -0.497 e. The van der Waals surface area contributed by atoms with Crippen molar-refractivity contribution < 1.29 is 19.0 Å². The average Bonchev–Trinajstić information content (AvgIpc) is 3.45. The standard InChI is InChI=1S/C24H26N2O4S/c1-15-22(31-23(25-15)16-7-10-18(28-2)11-8-16)24(27)26-13-5-6-19(26)17-9-12-20(29-3)21(14-17)30-4/h7-12,14,19H,5-6,13H2,1-4H3. The molecule has 4 rings (SSSR count). The summed E-state index contributed by atoms with van der Waals surface area (Å²) in [5, 5.41) is 0.838. The molecular formula is C24H26N2O4S. The number of amides is 1. The number of methoxy groups -OCH3 is 3. The van der Waals surface area contributed by atoms with E-state index in [-0.39, 0.29) is 11.9 Å². The second kappa shape index (κ2) is 8.98. The van der Waals surface area contributed by atoms with Crippen LogP contribution in [0.25, 0.3) is 10.6 Å². The molecule has 2 heterocycles. The van der Waals surface area contributed by atoms with Crippen LogP contribution in [-0.2, 0) is 0 Å². The number of carbonyl (C=O) groups excluding carboxylic acids is 1. The number of aromatic nitrogens is 1. The van der Waals surface area contributed by atoms with Crippen LogP contribution in [0, 0.1) is 6.92 Å². The Kier molecular flexibility index (Phi) is 6.13. The third-order valence-corrected chi connectivity index (χ3v) is 6.83. The summed E-state index contributed by atoms with van der Waals surface area (Å²) < 4.78 is 16.0. The number of thiazole rings is 1. The quantitative estimate of drug-likeness (QED) is 0.534. The van der Waals surface area contributed by atoms with Crippen molar-refractivity contribution >= 4 is 17.2 Å². The van der Waals surface area contributed by atoms with Gasteiger partial charge in [0.1, 0.15) is 15.6 Å². The van der Waals surface area contributed by atoms with Gasteiger partial charge < -0.3 is 19.1 Å². The Morgan fingerprint density at radius 1 is 1.03 bits per heavy atom. The van der Waals surface area contributed by atoms with Gasteiger partial charge in [0.15, 0.2) is 11.5 Å². The van der Waals surface area contributed by atoms with Crippen LogP contribution in [0.4, 0.5) is 0 Å². The molecule has 1 saturated heterocycles. The highest BCUT2D eigenvalue weighted by atomic mass is 32.1. The normalized spacial score (nSPS) is 15.7. The summed E-state index contributed by atoms with van der Waals surface area (Å²) in [5.41, 5.74) is 2.80. The maximum absolute atomic E-state index is 13.5. The zero-order valence-electron chi connectivity index (χ0n) is 18.2. The number of rotatable bonds is 6. The molecule has 0 radical (unpaired) electrons. The minimum atomic E-state index is 0.0123. The molecule has 0 spiro atoms. The van der Waals surface area contributed by atoms with E-state index in [0.717, 1.165) is 47.0 Å². The number of carbonyl (C=O) groups is 1. The van der Waals surface area contributed by atoms with Crippen LogP contribution in [-0.4, -0.2) is 43.7 Å². The summed E-state index contributed by atoms with van der Waals surface area (Å²) >= 11 is 1.44. The molecule has 1 aliphatic heterocycles. The predicted octanol–water partition coefficient (Wildman–Crippen LogP) is 5.12. The smallest absolute Gasteiger partial charge is 0.266 e. The molecule has 31 heavy (non-hydrogen) atoms. The minimum absolute atomic E-state index is 0.0123.